The molecule has 0 unspecified atom stereocenters. The van der Waals surface area contributed by atoms with Crippen LogP contribution in [0.1, 0.15) is 17.5 Å². The second-order valence-electron chi connectivity index (χ2n) is 8.98. The highest BCUT2D eigenvalue weighted by Gasteiger charge is 2.44. The number of carbonyl (C=O) groups excluding carboxylic acids is 2. The fourth-order valence-corrected chi connectivity index (χ4v) is 6.49. The van der Waals surface area contributed by atoms with Gasteiger partial charge in [-0.15, -0.1) is 0 Å². The number of nitrogens with zero attached hydrogens (tertiary/aromatic N) is 3. The normalized spacial score (nSPS) is 20.4. The van der Waals surface area contributed by atoms with Crippen molar-refractivity contribution in [1.29, 1.82) is 0 Å². The van der Waals surface area contributed by atoms with E-state index in [-0.39, 0.29) is 36.2 Å². The smallest absolute Gasteiger partial charge is 0.251 e. The number of sulfonamides is 1. The molecule has 8 heteroatoms. The van der Waals surface area contributed by atoms with Gasteiger partial charge in [-0.05, 0) is 47.9 Å². The fraction of sp³-hybridized carbons (Fsp3) is 0.308. The minimum absolute atomic E-state index is 0.115. The molecule has 0 aromatic heterocycles. The number of benzene rings is 3. The van der Waals surface area contributed by atoms with Crippen LogP contribution in [0.3, 0.4) is 0 Å². The maximum Gasteiger partial charge on any atom is 0.251 e. The maximum atomic E-state index is 13.3. The predicted octanol–water partition coefficient (Wildman–Crippen LogP) is 3.10. The molecule has 0 radical (unpaired) electrons. The topological polar surface area (TPSA) is 78.0 Å². The number of carbonyl (C=O) groups is 2. The summed E-state index contributed by atoms with van der Waals surface area (Å²) in [5.41, 5.74) is 2.43. The Morgan fingerprint density at radius 1 is 0.794 bits per heavy atom. The molecule has 0 aliphatic carbocycles. The van der Waals surface area contributed by atoms with E-state index in [4.69, 9.17) is 0 Å². The highest BCUT2D eigenvalue weighted by molar-refractivity contribution is 7.89. The second kappa shape index (κ2) is 8.61. The Hall–Kier alpha value is -3.07. The van der Waals surface area contributed by atoms with Crippen LogP contribution in [0.25, 0.3) is 10.8 Å². The molecule has 2 aliphatic heterocycles. The molecule has 0 bridgehead atoms. The molecular weight excluding hydrogens is 450 g/mol. The Labute approximate surface area is 199 Å². The average molecular weight is 478 g/mol. The molecule has 0 spiro atoms. The van der Waals surface area contributed by atoms with Crippen LogP contribution in [0.2, 0.25) is 0 Å². The van der Waals surface area contributed by atoms with E-state index in [0.717, 1.165) is 21.9 Å². The molecule has 2 fully saturated rings. The fourth-order valence-electron chi connectivity index (χ4n) is 5.03. The summed E-state index contributed by atoms with van der Waals surface area (Å²) < 4.78 is 28.0. The van der Waals surface area contributed by atoms with E-state index in [0.29, 0.717) is 18.8 Å². The summed E-state index contributed by atoms with van der Waals surface area (Å²) in [6, 6.07) is 18.0. The third kappa shape index (κ3) is 3.81. The number of hydrogen-bond acceptors (Lipinski definition) is 5. The maximum absolute atomic E-state index is 13.3. The molecule has 3 aromatic rings. The first-order valence-corrected chi connectivity index (χ1v) is 12.9. The minimum atomic E-state index is -3.65. The van der Waals surface area contributed by atoms with Crippen molar-refractivity contribution in [2.24, 2.45) is 0 Å². The van der Waals surface area contributed by atoms with Crippen LogP contribution >= 0.6 is 0 Å². The molecule has 2 aliphatic rings. The molecular formula is C26H27N3O4S. The molecule has 1 atom stereocenters. The number of piperazine rings is 1. The molecule has 5 rings (SSSR count). The van der Waals surface area contributed by atoms with Crippen LogP contribution in [0.4, 0.5) is 5.69 Å². The standard InChI is InChI=1S/C26H27N3O4S/c1-18-6-5-7-19(2)25(18)29-24(30)17-23(26(29)31)27-12-14-28(15-13-27)34(32,33)22-11-10-20-8-3-4-9-21(20)16-22/h3-11,16,23H,12-15,17H2,1-2H3/t23-/m0/s1. The van der Waals surface area contributed by atoms with Crippen molar-refractivity contribution in [2.75, 3.05) is 31.1 Å². The van der Waals surface area contributed by atoms with E-state index in [2.05, 4.69) is 0 Å². The molecule has 7 nitrogen and oxygen atoms in total. The molecule has 0 N–H and O–H groups in total. The van der Waals surface area contributed by atoms with Crippen molar-refractivity contribution in [3.05, 3.63) is 71.8 Å². The van der Waals surface area contributed by atoms with Gasteiger partial charge >= 0.3 is 0 Å². The van der Waals surface area contributed by atoms with Crippen LogP contribution < -0.4 is 4.90 Å². The first kappa shape index (κ1) is 22.7. The lowest BCUT2D eigenvalue weighted by Crippen LogP contribution is -2.53. The summed E-state index contributed by atoms with van der Waals surface area (Å²) in [6.45, 7) is 5.14. The number of fused-ring (bicyclic) bond motifs is 1. The lowest BCUT2D eigenvalue weighted by atomic mass is 10.1. The number of anilines is 1. The van der Waals surface area contributed by atoms with E-state index in [1.54, 1.807) is 12.1 Å². The van der Waals surface area contributed by atoms with Gasteiger partial charge in [0.25, 0.3) is 5.91 Å². The Morgan fingerprint density at radius 2 is 1.44 bits per heavy atom. The Balaban J connectivity index is 1.31. The summed E-state index contributed by atoms with van der Waals surface area (Å²) in [7, 11) is -3.65. The zero-order chi connectivity index (χ0) is 24.0. The molecule has 3 aromatic carbocycles. The highest BCUT2D eigenvalue weighted by atomic mass is 32.2. The summed E-state index contributed by atoms with van der Waals surface area (Å²) in [5.74, 6) is -0.438. The van der Waals surface area contributed by atoms with Gasteiger partial charge in [0, 0.05) is 26.2 Å². The number of amides is 2. The molecule has 2 heterocycles. The van der Waals surface area contributed by atoms with Crippen LogP contribution in [0, 0.1) is 13.8 Å². The minimum Gasteiger partial charge on any atom is -0.289 e. The van der Waals surface area contributed by atoms with Gasteiger partial charge in [-0.25, -0.2) is 13.3 Å². The molecule has 2 amide bonds. The summed E-state index contributed by atoms with van der Waals surface area (Å²) >= 11 is 0. The van der Waals surface area contributed by atoms with Crippen molar-refractivity contribution in [3.8, 4) is 0 Å². The third-order valence-electron chi connectivity index (χ3n) is 6.86. The van der Waals surface area contributed by atoms with E-state index < -0.39 is 16.1 Å². The van der Waals surface area contributed by atoms with E-state index in [9.17, 15) is 18.0 Å². The van der Waals surface area contributed by atoms with Gasteiger partial charge in [0.1, 0.15) is 0 Å². The number of aryl methyl sites for hydroxylation is 2. The van der Waals surface area contributed by atoms with Crippen LogP contribution in [0.5, 0.6) is 0 Å². The quantitative estimate of drug-likeness (QED) is 0.540. The van der Waals surface area contributed by atoms with Gasteiger partial charge in [0.2, 0.25) is 15.9 Å². The van der Waals surface area contributed by atoms with Gasteiger partial charge < -0.3 is 0 Å². The van der Waals surface area contributed by atoms with Crippen molar-refractivity contribution >= 4 is 38.3 Å². The summed E-state index contributed by atoms with van der Waals surface area (Å²) in [5, 5.41) is 1.87. The van der Waals surface area contributed by atoms with Crippen molar-refractivity contribution in [2.45, 2.75) is 31.2 Å². The number of hydrogen-bond donors (Lipinski definition) is 0. The Morgan fingerprint density at radius 3 is 2.12 bits per heavy atom. The van der Waals surface area contributed by atoms with E-state index in [1.165, 1.54) is 9.21 Å². The Bertz CT molecular complexity index is 1370. The zero-order valence-electron chi connectivity index (χ0n) is 19.3. The summed E-state index contributed by atoms with van der Waals surface area (Å²) in [6.07, 6.45) is 0.115. The van der Waals surface area contributed by atoms with Crippen LogP contribution in [-0.2, 0) is 19.6 Å². The van der Waals surface area contributed by atoms with E-state index >= 15 is 0 Å². The first-order chi connectivity index (χ1) is 16.3. The lowest BCUT2D eigenvalue weighted by molar-refractivity contribution is -0.123. The SMILES string of the molecule is Cc1cccc(C)c1N1C(=O)C[C@H](N2CCN(S(=O)(=O)c3ccc4ccccc4c3)CC2)C1=O. The molecule has 34 heavy (non-hydrogen) atoms. The van der Waals surface area contributed by atoms with Gasteiger partial charge in [0.05, 0.1) is 23.0 Å². The Kier molecular flexibility index (Phi) is 5.75. The van der Waals surface area contributed by atoms with Gasteiger partial charge in [0.15, 0.2) is 0 Å². The largest absolute Gasteiger partial charge is 0.289 e. The van der Waals surface area contributed by atoms with Gasteiger partial charge in [-0.2, -0.15) is 4.31 Å². The highest BCUT2D eigenvalue weighted by Crippen LogP contribution is 2.32. The summed E-state index contributed by atoms with van der Waals surface area (Å²) in [4.78, 5) is 29.6. The number of imide groups is 1. The van der Waals surface area contributed by atoms with Crippen molar-refractivity contribution in [3.63, 3.8) is 0 Å². The van der Waals surface area contributed by atoms with Crippen LogP contribution in [0.15, 0.2) is 65.6 Å². The molecule has 176 valence electrons. The predicted molar refractivity (Wildman–Crippen MR) is 131 cm³/mol. The van der Waals surface area contributed by atoms with Crippen LogP contribution in [-0.4, -0.2) is 61.7 Å². The molecule has 2 saturated heterocycles. The van der Waals surface area contributed by atoms with Gasteiger partial charge in [-0.3, -0.25) is 14.5 Å². The van der Waals surface area contributed by atoms with Crippen molar-refractivity contribution < 1.29 is 18.0 Å². The second-order valence-corrected chi connectivity index (χ2v) is 10.9. The average Bonchev–Trinajstić information content (AvgIpc) is 3.12. The van der Waals surface area contributed by atoms with E-state index in [1.807, 2.05) is 67.3 Å². The lowest BCUT2D eigenvalue weighted by Gasteiger charge is -2.36. The monoisotopic (exact) mass is 477 g/mol. The molecule has 0 saturated carbocycles. The van der Waals surface area contributed by atoms with Crippen molar-refractivity contribution in [1.82, 2.24) is 9.21 Å². The van der Waals surface area contributed by atoms with Gasteiger partial charge in [-0.1, -0.05) is 48.5 Å². The number of para-hydroxylation sites is 1. The number of rotatable bonds is 4. The third-order valence-corrected chi connectivity index (χ3v) is 8.75. The zero-order valence-corrected chi connectivity index (χ0v) is 20.1. The first-order valence-electron chi connectivity index (χ1n) is 11.4.